The van der Waals surface area contributed by atoms with Crippen LogP contribution in [-0.4, -0.2) is 56.4 Å². The van der Waals surface area contributed by atoms with Gasteiger partial charge in [-0.15, -0.1) is 0 Å². The van der Waals surface area contributed by atoms with Gasteiger partial charge in [0.15, 0.2) is 0 Å². The van der Waals surface area contributed by atoms with Gasteiger partial charge < -0.3 is 5.32 Å². The van der Waals surface area contributed by atoms with Gasteiger partial charge in [0.25, 0.3) is 17.7 Å². The number of imide groups is 1. The summed E-state index contributed by atoms with van der Waals surface area (Å²) in [5.41, 5.74) is 0.768. The fourth-order valence-corrected chi connectivity index (χ4v) is 4.08. The zero-order valence-electron chi connectivity index (χ0n) is 16.4. The largest absolute Gasteiger partial charge is 0.351 e. The van der Waals surface area contributed by atoms with E-state index in [0.717, 1.165) is 6.42 Å². The quantitative estimate of drug-likeness (QED) is 0.448. The Labute approximate surface area is 165 Å². The number of carbonyl (C=O) groups is 3. The van der Waals surface area contributed by atoms with Crippen LogP contribution in [0.25, 0.3) is 0 Å². The number of nitrogens with zero attached hydrogens (tertiary/aromatic N) is 1. The number of rotatable bonds is 10. The van der Waals surface area contributed by atoms with Crippen molar-refractivity contribution in [1.82, 2.24) is 14.9 Å². The minimum atomic E-state index is -3.33. The van der Waals surface area contributed by atoms with E-state index >= 15 is 0 Å². The van der Waals surface area contributed by atoms with Gasteiger partial charge in [-0.3, -0.25) is 19.3 Å². The molecule has 8 nitrogen and oxygen atoms in total. The molecule has 0 unspecified atom stereocenters. The van der Waals surface area contributed by atoms with E-state index in [9.17, 15) is 22.8 Å². The highest BCUT2D eigenvalue weighted by Gasteiger charge is 2.36. The van der Waals surface area contributed by atoms with Gasteiger partial charge in [0.05, 0.1) is 16.9 Å². The number of fused-ring (bicyclic) bond motifs is 1. The van der Waals surface area contributed by atoms with Crippen LogP contribution in [0.3, 0.4) is 0 Å². The molecule has 0 atom stereocenters. The molecule has 2 rings (SSSR count). The van der Waals surface area contributed by atoms with Crippen molar-refractivity contribution in [2.45, 2.75) is 33.6 Å². The van der Waals surface area contributed by atoms with E-state index in [4.69, 9.17) is 0 Å². The van der Waals surface area contributed by atoms with Crippen molar-refractivity contribution in [2.75, 3.05) is 25.4 Å². The van der Waals surface area contributed by atoms with Gasteiger partial charge in [-0.2, -0.15) is 0 Å². The van der Waals surface area contributed by atoms with Crippen LogP contribution in [0.5, 0.6) is 0 Å². The standard InChI is InChI=1S/C19H27N3O5S/c1-4-5-10-28(26,27)21-9-8-20-17(23)14-6-7-15-16(11-14)19(25)22(18(15)24)12-13(2)3/h6-7,11,13,21H,4-5,8-10,12H2,1-3H3,(H,20,23). The van der Waals surface area contributed by atoms with Gasteiger partial charge in [0, 0.05) is 25.2 Å². The smallest absolute Gasteiger partial charge is 0.261 e. The van der Waals surface area contributed by atoms with Crippen LogP contribution in [0.1, 0.15) is 64.7 Å². The summed E-state index contributed by atoms with van der Waals surface area (Å²) >= 11 is 0. The SMILES string of the molecule is CCCCS(=O)(=O)NCCNC(=O)c1ccc2c(c1)C(=O)N(CC(C)C)C2=O. The molecular formula is C19H27N3O5S. The normalized spacial score (nSPS) is 13.9. The zero-order chi connectivity index (χ0) is 20.9. The first-order chi connectivity index (χ1) is 13.2. The number of benzene rings is 1. The van der Waals surface area contributed by atoms with Gasteiger partial charge in [0.2, 0.25) is 10.0 Å². The van der Waals surface area contributed by atoms with Crippen LogP contribution in [0.4, 0.5) is 0 Å². The van der Waals surface area contributed by atoms with E-state index in [1.54, 1.807) is 0 Å². The van der Waals surface area contributed by atoms with E-state index in [-0.39, 0.29) is 41.8 Å². The first kappa shape index (κ1) is 22.0. The lowest BCUT2D eigenvalue weighted by molar-refractivity contribution is 0.0636. The highest BCUT2D eigenvalue weighted by molar-refractivity contribution is 7.89. The van der Waals surface area contributed by atoms with Crippen LogP contribution in [0.15, 0.2) is 18.2 Å². The van der Waals surface area contributed by atoms with E-state index < -0.39 is 21.8 Å². The Morgan fingerprint density at radius 3 is 2.43 bits per heavy atom. The van der Waals surface area contributed by atoms with E-state index in [1.807, 2.05) is 20.8 Å². The first-order valence-electron chi connectivity index (χ1n) is 9.42. The third-order valence-corrected chi connectivity index (χ3v) is 5.75. The van der Waals surface area contributed by atoms with E-state index in [1.165, 1.54) is 23.1 Å². The fraction of sp³-hybridized carbons (Fsp3) is 0.526. The highest BCUT2D eigenvalue weighted by Crippen LogP contribution is 2.24. The van der Waals surface area contributed by atoms with Crippen LogP contribution in [0, 0.1) is 5.92 Å². The summed E-state index contributed by atoms with van der Waals surface area (Å²) in [7, 11) is -3.33. The average Bonchev–Trinajstić information content (AvgIpc) is 2.87. The molecule has 0 aliphatic carbocycles. The topological polar surface area (TPSA) is 113 Å². The van der Waals surface area contributed by atoms with Crippen LogP contribution >= 0.6 is 0 Å². The number of carbonyl (C=O) groups excluding carboxylic acids is 3. The summed E-state index contributed by atoms with van der Waals surface area (Å²) in [5.74, 6) is -0.968. The van der Waals surface area contributed by atoms with Crippen molar-refractivity contribution < 1.29 is 22.8 Å². The van der Waals surface area contributed by atoms with Gasteiger partial charge in [-0.05, 0) is 30.5 Å². The molecule has 0 aromatic heterocycles. The predicted octanol–water partition coefficient (Wildman–Crippen LogP) is 1.39. The lowest BCUT2D eigenvalue weighted by atomic mass is 10.1. The molecule has 2 N–H and O–H groups in total. The zero-order valence-corrected chi connectivity index (χ0v) is 17.3. The number of nitrogens with one attached hydrogen (secondary N) is 2. The third kappa shape index (κ3) is 5.39. The molecule has 1 heterocycles. The lowest BCUT2D eigenvalue weighted by Gasteiger charge is -2.15. The van der Waals surface area contributed by atoms with Crippen molar-refractivity contribution in [3.8, 4) is 0 Å². The maximum absolute atomic E-state index is 12.5. The van der Waals surface area contributed by atoms with Crippen LogP contribution < -0.4 is 10.0 Å². The fourth-order valence-electron chi connectivity index (χ4n) is 2.85. The Hall–Kier alpha value is -2.26. The lowest BCUT2D eigenvalue weighted by Crippen LogP contribution is -2.35. The molecule has 0 saturated heterocycles. The predicted molar refractivity (Wildman–Crippen MR) is 106 cm³/mol. The molecule has 0 spiro atoms. The van der Waals surface area contributed by atoms with Crippen molar-refractivity contribution >= 4 is 27.7 Å². The Morgan fingerprint density at radius 1 is 1.11 bits per heavy atom. The molecule has 1 aliphatic heterocycles. The summed E-state index contributed by atoms with van der Waals surface area (Å²) in [6, 6.07) is 4.39. The van der Waals surface area contributed by atoms with E-state index in [0.29, 0.717) is 18.5 Å². The molecule has 1 aliphatic rings. The molecular weight excluding hydrogens is 382 g/mol. The first-order valence-corrected chi connectivity index (χ1v) is 11.1. The van der Waals surface area contributed by atoms with Crippen molar-refractivity contribution in [1.29, 1.82) is 0 Å². The summed E-state index contributed by atoms with van der Waals surface area (Å²) in [4.78, 5) is 38.3. The van der Waals surface area contributed by atoms with Crippen molar-refractivity contribution in [3.05, 3.63) is 34.9 Å². The second kappa shape index (κ2) is 9.29. The van der Waals surface area contributed by atoms with Gasteiger partial charge in [-0.25, -0.2) is 13.1 Å². The molecule has 0 saturated carbocycles. The third-order valence-electron chi connectivity index (χ3n) is 4.28. The molecule has 0 radical (unpaired) electrons. The Bertz CT molecular complexity index is 864. The molecule has 1 aromatic rings. The molecule has 3 amide bonds. The Kier molecular flexibility index (Phi) is 7.31. The minimum absolute atomic E-state index is 0.0608. The average molecular weight is 410 g/mol. The van der Waals surface area contributed by atoms with Crippen molar-refractivity contribution in [2.24, 2.45) is 5.92 Å². The van der Waals surface area contributed by atoms with Crippen LogP contribution in [-0.2, 0) is 10.0 Å². The van der Waals surface area contributed by atoms with Crippen LogP contribution in [0.2, 0.25) is 0 Å². The molecule has 9 heteroatoms. The second-order valence-electron chi connectivity index (χ2n) is 7.20. The summed E-state index contributed by atoms with van der Waals surface area (Å²) in [6.45, 7) is 6.27. The van der Waals surface area contributed by atoms with Gasteiger partial charge >= 0.3 is 0 Å². The minimum Gasteiger partial charge on any atom is -0.351 e. The molecule has 0 fully saturated rings. The highest BCUT2D eigenvalue weighted by atomic mass is 32.2. The Balaban J connectivity index is 1.95. The number of amides is 3. The summed E-state index contributed by atoms with van der Waals surface area (Å²) in [5, 5.41) is 2.61. The van der Waals surface area contributed by atoms with Gasteiger partial charge in [-0.1, -0.05) is 27.2 Å². The van der Waals surface area contributed by atoms with Gasteiger partial charge in [0.1, 0.15) is 0 Å². The van der Waals surface area contributed by atoms with E-state index in [2.05, 4.69) is 10.0 Å². The molecule has 0 bridgehead atoms. The maximum atomic E-state index is 12.5. The number of unbranched alkanes of at least 4 members (excludes halogenated alkanes) is 1. The number of hydrogen-bond donors (Lipinski definition) is 2. The maximum Gasteiger partial charge on any atom is 0.261 e. The number of sulfonamides is 1. The summed E-state index contributed by atoms with van der Waals surface area (Å²) in [6.07, 6.45) is 1.36. The second-order valence-corrected chi connectivity index (χ2v) is 9.12. The molecule has 1 aromatic carbocycles. The number of hydrogen-bond acceptors (Lipinski definition) is 5. The molecule has 154 valence electrons. The Morgan fingerprint density at radius 2 is 1.79 bits per heavy atom. The summed E-state index contributed by atoms with van der Waals surface area (Å²) < 4.78 is 25.8. The monoisotopic (exact) mass is 409 g/mol. The van der Waals surface area contributed by atoms with Crippen molar-refractivity contribution in [3.63, 3.8) is 0 Å². The molecule has 28 heavy (non-hydrogen) atoms.